The van der Waals surface area contributed by atoms with E-state index in [2.05, 4.69) is 10.3 Å². The second kappa shape index (κ2) is 6.75. The summed E-state index contributed by atoms with van der Waals surface area (Å²) in [6.07, 6.45) is 8.55. The van der Waals surface area contributed by atoms with Gasteiger partial charge in [0.15, 0.2) is 0 Å². The van der Waals surface area contributed by atoms with Crippen LogP contribution in [-0.4, -0.2) is 53.5 Å². The molecule has 6 heteroatoms. The third-order valence-electron chi connectivity index (χ3n) is 5.85. The van der Waals surface area contributed by atoms with Crippen LogP contribution in [-0.2, 0) is 9.53 Å². The maximum atomic E-state index is 12.2. The lowest BCUT2D eigenvalue weighted by molar-refractivity contribution is -0.192. The normalized spacial score (nSPS) is 25.1. The van der Waals surface area contributed by atoms with Crippen LogP contribution in [0.2, 0.25) is 0 Å². The SMILES string of the molecule is O=C(NCC1CCC2(CN(C(=O)C3CCC3)C2)OC1)c1ccncc1. The van der Waals surface area contributed by atoms with Crippen molar-refractivity contribution in [1.82, 2.24) is 15.2 Å². The molecule has 1 saturated carbocycles. The molecule has 4 rings (SSSR count). The minimum Gasteiger partial charge on any atom is -0.371 e. The number of amides is 2. The van der Waals surface area contributed by atoms with Gasteiger partial charge in [-0.05, 0) is 43.7 Å². The Labute approximate surface area is 147 Å². The molecule has 6 nitrogen and oxygen atoms in total. The lowest BCUT2D eigenvalue weighted by Crippen LogP contribution is -2.67. The number of hydrogen-bond donors (Lipinski definition) is 1. The summed E-state index contributed by atoms with van der Waals surface area (Å²) in [6.45, 7) is 2.78. The third kappa shape index (κ3) is 3.40. The molecule has 1 N–H and O–H groups in total. The summed E-state index contributed by atoms with van der Waals surface area (Å²) in [5, 5.41) is 2.98. The van der Waals surface area contributed by atoms with Gasteiger partial charge in [0.2, 0.25) is 5.91 Å². The zero-order valence-electron chi connectivity index (χ0n) is 14.4. The molecular formula is C19H25N3O3. The number of rotatable bonds is 4. The number of ether oxygens (including phenoxy) is 1. The Morgan fingerprint density at radius 2 is 2.00 bits per heavy atom. The number of aromatic nitrogens is 1. The van der Waals surface area contributed by atoms with E-state index < -0.39 is 0 Å². The summed E-state index contributed by atoms with van der Waals surface area (Å²) >= 11 is 0. The summed E-state index contributed by atoms with van der Waals surface area (Å²) in [5.41, 5.74) is 0.512. The molecule has 0 bridgehead atoms. The van der Waals surface area contributed by atoms with Gasteiger partial charge in [-0.25, -0.2) is 0 Å². The minimum absolute atomic E-state index is 0.0661. The summed E-state index contributed by atoms with van der Waals surface area (Å²) in [4.78, 5) is 30.2. The van der Waals surface area contributed by atoms with Crippen LogP contribution in [0.25, 0.3) is 0 Å². The predicted molar refractivity (Wildman–Crippen MR) is 91.9 cm³/mol. The molecule has 25 heavy (non-hydrogen) atoms. The van der Waals surface area contributed by atoms with Gasteiger partial charge in [0.1, 0.15) is 5.60 Å². The Morgan fingerprint density at radius 1 is 1.24 bits per heavy atom. The fraction of sp³-hybridized carbons (Fsp3) is 0.632. The molecular weight excluding hydrogens is 318 g/mol. The van der Waals surface area contributed by atoms with E-state index in [9.17, 15) is 9.59 Å². The van der Waals surface area contributed by atoms with Crippen molar-refractivity contribution in [3.8, 4) is 0 Å². The molecule has 0 aromatic carbocycles. The lowest BCUT2D eigenvalue weighted by Gasteiger charge is -2.54. The molecule has 134 valence electrons. The van der Waals surface area contributed by atoms with Crippen LogP contribution in [0.4, 0.5) is 0 Å². The van der Waals surface area contributed by atoms with E-state index in [0.29, 0.717) is 30.5 Å². The first-order valence-electron chi connectivity index (χ1n) is 9.26. The van der Waals surface area contributed by atoms with Crippen LogP contribution in [0.15, 0.2) is 24.5 Å². The topological polar surface area (TPSA) is 71.5 Å². The van der Waals surface area contributed by atoms with Gasteiger partial charge in [-0.3, -0.25) is 14.6 Å². The summed E-state index contributed by atoms with van der Waals surface area (Å²) in [7, 11) is 0. The maximum Gasteiger partial charge on any atom is 0.251 e. The van der Waals surface area contributed by atoms with Gasteiger partial charge in [-0.2, -0.15) is 0 Å². The second-order valence-electron chi connectivity index (χ2n) is 7.67. The first kappa shape index (κ1) is 16.5. The van der Waals surface area contributed by atoms with Crippen molar-refractivity contribution < 1.29 is 14.3 Å². The standard InChI is InChI=1S/C19H25N3O3/c23-17(15-5-8-20-9-6-15)21-10-14-4-7-19(25-11-14)12-22(13-19)18(24)16-2-1-3-16/h5-6,8-9,14,16H,1-4,7,10-13H2,(H,21,23). The fourth-order valence-electron chi connectivity index (χ4n) is 3.89. The highest BCUT2D eigenvalue weighted by Gasteiger charge is 2.49. The molecule has 1 aromatic rings. The van der Waals surface area contributed by atoms with E-state index in [1.165, 1.54) is 6.42 Å². The zero-order chi connectivity index (χ0) is 17.3. The zero-order valence-corrected chi connectivity index (χ0v) is 14.4. The van der Waals surface area contributed by atoms with Gasteiger partial charge < -0.3 is 15.0 Å². The number of nitrogens with zero attached hydrogens (tertiary/aromatic N) is 2. The van der Waals surface area contributed by atoms with E-state index in [-0.39, 0.29) is 17.4 Å². The largest absolute Gasteiger partial charge is 0.371 e. The predicted octanol–water partition coefficient (Wildman–Crippen LogP) is 1.62. The van der Waals surface area contributed by atoms with Gasteiger partial charge in [0.05, 0.1) is 19.7 Å². The summed E-state index contributed by atoms with van der Waals surface area (Å²) < 4.78 is 6.11. The van der Waals surface area contributed by atoms with Crippen molar-refractivity contribution in [2.24, 2.45) is 11.8 Å². The number of carbonyl (C=O) groups excluding carboxylic acids is 2. The van der Waals surface area contributed by atoms with Gasteiger partial charge in [-0.15, -0.1) is 0 Å². The summed E-state index contributed by atoms with van der Waals surface area (Å²) in [6, 6.07) is 3.42. The van der Waals surface area contributed by atoms with Gasteiger partial charge >= 0.3 is 0 Å². The number of hydrogen-bond acceptors (Lipinski definition) is 4. The van der Waals surface area contributed by atoms with Crippen LogP contribution in [0, 0.1) is 11.8 Å². The number of nitrogens with one attached hydrogen (secondary N) is 1. The minimum atomic E-state index is -0.120. The Kier molecular flexibility index (Phi) is 4.46. The second-order valence-corrected chi connectivity index (χ2v) is 7.67. The van der Waals surface area contributed by atoms with Gasteiger partial charge in [0.25, 0.3) is 5.91 Å². The number of carbonyl (C=O) groups is 2. The average molecular weight is 343 g/mol. The van der Waals surface area contributed by atoms with Crippen molar-refractivity contribution in [2.45, 2.75) is 37.7 Å². The molecule has 2 amide bonds. The van der Waals surface area contributed by atoms with Crippen LogP contribution in [0.3, 0.4) is 0 Å². The smallest absolute Gasteiger partial charge is 0.251 e. The lowest BCUT2D eigenvalue weighted by atomic mass is 9.79. The Morgan fingerprint density at radius 3 is 2.60 bits per heavy atom. The summed E-state index contributed by atoms with van der Waals surface area (Å²) in [5.74, 6) is 0.876. The van der Waals surface area contributed by atoms with Crippen molar-refractivity contribution in [3.63, 3.8) is 0 Å². The van der Waals surface area contributed by atoms with Crippen molar-refractivity contribution in [3.05, 3.63) is 30.1 Å². The highest BCUT2D eigenvalue weighted by Crippen LogP contribution is 2.38. The van der Waals surface area contributed by atoms with Gasteiger partial charge in [-0.1, -0.05) is 6.42 Å². The Balaban J connectivity index is 1.19. The molecule has 2 aliphatic heterocycles. The monoisotopic (exact) mass is 343 g/mol. The van der Waals surface area contributed by atoms with Crippen LogP contribution < -0.4 is 5.32 Å². The number of pyridine rings is 1. The fourth-order valence-corrected chi connectivity index (χ4v) is 3.89. The molecule has 1 aliphatic carbocycles. The molecule has 3 fully saturated rings. The Bertz CT molecular complexity index is 629. The van der Waals surface area contributed by atoms with Gasteiger partial charge in [0, 0.05) is 30.4 Å². The van der Waals surface area contributed by atoms with E-state index in [4.69, 9.17) is 4.74 Å². The highest BCUT2D eigenvalue weighted by atomic mass is 16.5. The highest BCUT2D eigenvalue weighted by molar-refractivity contribution is 5.93. The molecule has 3 aliphatic rings. The maximum absolute atomic E-state index is 12.2. The molecule has 0 radical (unpaired) electrons. The Hall–Kier alpha value is -1.95. The molecule has 1 unspecified atom stereocenters. The van der Waals surface area contributed by atoms with Crippen LogP contribution >= 0.6 is 0 Å². The van der Waals surface area contributed by atoms with Crippen LogP contribution in [0.1, 0.15) is 42.5 Å². The quantitative estimate of drug-likeness (QED) is 0.902. The van der Waals surface area contributed by atoms with Crippen LogP contribution in [0.5, 0.6) is 0 Å². The number of likely N-dealkylation sites (tertiary alicyclic amines) is 1. The van der Waals surface area contributed by atoms with E-state index >= 15 is 0 Å². The first-order chi connectivity index (χ1) is 12.2. The average Bonchev–Trinajstić information content (AvgIpc) is 2.57. The van der Waals surface area contributed by atoms with E-state index in [1.54, 1.807) is 24.5 Å². The molecule has 3 heterocycles. The molecule has 1 atom stereocenters. The molecule has 1 aromatic heterocycles. The first-order valence-corrected chi connectivity index (χ1v) is 9.26. The van der Waals surface area contributed by atoms with E-state index in [0.717, 1.165) is 38.8 Å². The molecule has 1 spiro atoms. The van der Waals surface area contributed by atoms with Crippen molar-refractivity contribution in [1.29, 1.82) is 0 Å². The van der Waals surface area contributed by atoms with Crippen molar-refractivity contribution >= 4 is 11.8 Å². The third-order valence-corrected chi connectivity index (χ3v) is 5.85. The molecule has 2 saturated heterocycles. The van der Waals surface area contributed by atoms with Crippen molar-refractivity contribution in [2.75, 3.05) is 26.2 Å². The van der Waals surface area contributed by atoms with E-state index in [1.807, 2.05) is 4.90 Å².